The Labute approximate surface area is 195 Å². The molecule has 0 unspecified atom stereocenters. The van der Waals surface area contributed by atoms with Crippen LogP contribution in [0.5, 0.6) is 5.75 Å². The van der Waals surface area contributed by atoms with Crippen molar-refractivity contribution in [3.8, 4) is 5.75 Å². The van der Waals surface area contributed by atoms with E-state index in [1.165, 1.54) is 44.9 Å². The molecule has 0 bridgehead atoms. The first kappa shape index (κ1) is 21.9. The van der Waals surface area contributed by atoms with E-state index < -0.39 is 5.60 Å². The maximum Gasteiger partial charge on any atom is 0.124 e. The van der Waals surface area contributed by atoms with Crippen LogP contribution in [0, 0.1) is 34.5 Å². The quantitative estimate of drug-likeness (QED) is 0.463. The molecular formula is C27H38BrNO2. The lowest BCUT2D eigenvalue weighted by Crippen LogP contribution is -2.56. The third-order valence-corrected chi connectivity index (χ3v) is 11.0. The number of phenols is 1. The van der Waals surface area contributed by atoms with Crippen LogP contribution in [0.3, 0.4) is 0 Å². The molecular weight excluding hydrogens is 450 g/mol. The normalized spacial score (nSPS) is 44.6. The molecule has 4 aliphatic rings. The van der Waals surface area contributed by atoms with Crippen molar-refractivity contribution in [2.24, 2.45) is 39.5 Å². The van der Waals surface area contributed by atoms with E-state index in [1.807, 2.05) is 12.1 Å². The predicted molar refractivity (Wildman–Crippen MR) is 130 cm³/mol. The van der Waals surface area contributed by atoms with Gasteiger partial charge in [0.1, 0.15) is 5.75 Å². The van der Waals surface area contributed by atoms with Gasteiger partial charge in [0.25, 0.3) is 0 Å². The van der Waals surface area contributed by atoms with E-state index in [4.69, 9.17) is 0 Å². The van der Waals surface area contributed by atoms with Crippen molar-refractivity contribution in [1.82, 2.24) is 0 Å². The van der Waals surface area contributed by atoms with Gasteiger partial charge in [0.2, 0.25) is 0 Å². The molecule has 3 nitrogen and oxygen atoms in total. The Hall–Kier alpha value is -0.870. The van der Waals surface area contributed by atoms with Crippen molar-refractivity contribution >= 4 is 22.1 Å². The van der Waals surface area contributed by atoms with Gasteiger partial charge in [-0.1, -0.05) is 42.6 Å². The van der Waals surface area contributed by atoms with E-state index in [2.05, 4.69) is 34.8 Å². The molecule has 0 aromatic heterocycles. The number of aliphatic hydroxyl groups is 1. The molecule has 1 aromatic rings. The smallest absolute Gasteiger partial charge is 0.124 e. The van der Waals surface area contributed by atoms with Crippen molar-refractivity contribution < 1.29 is 10.2 Å². The average molecular weight is 489 g/mol. The van der Waals surface area contributed by atoms with Crippen LogP contribution < -0.4 is 0 Å². The summed E-state index contributed by atoms with van der Waals surface area (Å²) >= 11 is 3.46. The molecule has 4 aliphatic carbocycles. The van der Waals surface area contributed by atoms with Crippen molar-refractivity contribution in [2.45, 2.75) is 83.7 Å². The monoisotopic (exact) mass is 487 g/mol. The second kappa shape index (κ2) is 7.87. The van der Waals surface area contributed by atoms with Gasteiger partial charge in [-0.05, 0) is 98.7 Å². The minimum absolute atomic E-state index is 0.0390. The summed E-state index contributed by atoms with van der Waals surface area (Å²) in [4.78, 5) is 4.66. The Morgan fingerprint density at radius 1 is 1.03 bits per heavy atom. The number of hydrogen-bond acceptors (Lipinski definition) is 3. The Balaban J connectivity index is 1.35. The molecule has 4 heteroatoms. The fourth-order valence-electron chi connectivity index (χ4n) is 8.59. The Bertz CT molecular complexity index is 871. The third kappa shape index (κ3) is 3.42. The number of rotatable bonds is 3. The molecule has 4 saturated carbocycles. The van der Waals surface area contributed by atoms with Crippen molar-refractivity contribution in [3.05, 3.63) is 28.2 Å². The van der Waals surface area contributed by atoms with Crippen LogP contribution >= 0.6 is 15.9 Å². The Morgan fingerprint density at radius 2 is 1.84 bits per heavy atom. The summed E-state index contributed by atoms with van der Waals surface area (Å²) < 4.78 is 0.920. The Kier molecular flexibility index (Phi) is 5.57. The first-order chi connectivity index (χ1) is 14.8. The fraction of sp³-hybridized carbons (Fsp3) is 0.741. The minimum atomic E-state index is -0.731. The standard InChI is InChI=1S/C27H38BrNO2/c1-25-12-4-3-5-19(25)6-8-21-22(25)10-13-26(2)23(21)11-14-27(26,31)17-29-16-18-15-20(28)7-9-24(18)30/h7,9,15-16,19,21-23,30-31H,3-6,8,10-14,17H2,1-2H3/t19-,21-,22+,23-,25+,26-,27+/m1/s1. The summed E-state index contributed by atoms with van der Waals surface area (Å²) in [6.07, 6.45) is 14.7. The van der Waals surface area contributed by atoms with Gasteiger partial charge >= 0.3 is 0 Å². The highest BCUT2D eigenvalue weighted by atomic mass is 79.9. The zero-order valence-electron chi connectivity index (χ0n) is 19.1. The van der Waals surface area contributed by atoms with Gasteiger partial charge in [-0.2, -0.15) is 0 Å². The van der Waals surface area contributed by atoms with Crippen LogP contribution in [0.25, 0.3) is 0 Å². The van der Waals surface area contributed by atoms with Gasteiger partial charge in [-0.25, -0.2) is 0 Å². The van der Waals surface area contributed by atoms with Crippen LogP contribution in [0.1, 0.15) is 83.6 Å². The molecule has 31 heavy (non-hydrogen) atoms. The lowest BCUT2D eigenvalue weighted by Gasteiger charge is -2.61. The molecule has 0 radical (unpaired) electrons. The van der Waals surface area contributed by atoms with E-state index in [-0.39, 0.29) is 11.2 Å². The molecule has 2 N–H and O–H groups in total. The van der Waals surface area contributed by atoms with E-state index in [0.29, 0.717) is 23.4 Å². The maximum absolute atomic E-state index is 11.8. The molecule has 0 heterocycles. The van der Waals surface area contributed by atoms with Crippen molar-refractivity contribution in [3.63, 3.8) is 0 Å². The van der Waals surface area contributed by atoms with Gasteiger partial charge in [0.15, 0.2) is 0 Å². The van der Waals surface area contributed by atoms with Gasteiger partial charge in [-0.3, -0.25) is 4.99 Å². The maximum atomic E-state index is 11.8. The van der Waals surface area contributed by atoms with Crippen molar-refractivity contribution in [2.75, 3.05) is 6.54 Å². The van der Waals surface area contributed by atoms with Crippen LogP contribution in [-0.2, 0) is 0 Å². The van der Waals surface area contributed by atoms with Crippen LogP contribution in [-0.4, -0.2) is 28.6 Å². The summed E-state index contributed by atoms with van der Waals surface area (Å²) in [5, 5.41) is 22.0. The molecule has 5 rings (SSSR count). The third-order valence-electron chi connectivity index (χ3n) is 10.5. The highest BCUT2D eigenvalue weighted by Crippen LogP contribution is 2.68. The number of benzene rings is 1. The van der Waals surface area contributed by atoms with E-state index >= 15 is 0 Å². The van der Waals surface area contributed by atoms with Gasteiger partial charge < -0.3 is 10.2 Å². The number of nitrogens with zero attached hydrogens (tertiary/aromatic N) is 1. The zero-order chi connectivity index (χ0) is 21.9. The van der Waals surface area contributed by atoms with Crippen LogP contribution in [0.4, 0.5) is 0 Å². The number of halogens is 1. The second-order valence-corrected chi connectivity index (χ2v) is 12.5. The first-order valence-electron chi connectivity index (χ1n) is 12.5. The van der Waals surface area contributed by atoms with Crippen molar-refractivity contribution in [1.29, 1.82) is 0 Å². The molecule has 0 spiro atoms. The van der Waals surface area contributed by atoms with E-state index in [1.54, 1.807) is 12.3 Å². The number of hydrogen-bond donors (Lipinski definition) is 2. The topological polar surface area (TPSA) is 52.8 Å². The Morgan fingerprint density at radius 3 is 2.68 bits per heavy atom. The van der Waals surface area contributed by atoms with E-state index in [9.17, 15) is 10.2 Å². The summed E-state index contributed by atoms with van der Waals surface area (Å²) in [6.45, 7) is 5.41. The highest BCUT2D eigenvalue weighted by molar-refractivity contribution is 9.10. The number of phenolic OH excluding ortho intramolecular Hbond substituents is 1. The van der Waals surface area contributed by atoms with Gasteiger partial charge in [0, 0.05) is 21.7 Å². The molecule has 4 fully saturated rings. The molecule has 1 aromatic carbocycles. The van der Waals surface area contributed by atoms with Gasteiger partial charge in [0.05, 0.1) is 12.1 Å². The largest absolute Gasteiger partial charge is 0.507 e. The summed E-state index contributed by atoms with van der Waals surface area (Å²) in [5.41, 5.74) is 0.470. The van der Waals surface area contributed by atoms with Crippen LogP contribution in [0.2, 0.25) is 0 Å². The lowest BCUT2D eigenvalue weighted by atomic mass is 9.44. The highest BCUT2D eigenvalue weighted by Gasteiger charge is 2.64. The average Bonchev–Trinajstić information content (AvgIpc) is 3.01. The summed E-state index contributed by atoms with van der Waals surface area (Å²) in [5.74, 6) is 3.44. The molecule has 170 valence electrons. The molecule has 0 amide bonds. The van der Waals surface area contributed by atoms with E-state index in [0.717, 1.165) is 41.5 Å². The van der Waals surface area contributed by atoms with Gasteiger partial charge in [-0.15, -0.1) is 0 Å². The minimum Gasteiger partial charge on any atom is -0.507 e. The number of aliphatic imine (C=N–C) groups is 1. The molecule has 7 atom stereocenters. The molecule has 0 aliphatic heterocycles. The fourth-order valence-corrected chi connectivity index (χ4v) is 8.97. The SMILES string of the molecule is C[C@]12CCCC[C@@H]1CC[C@H]1[C@H]3CC[C@](O)(CN=Cc4cc(Br)ccc4O)[C@]3(C)CC[C@@H]12. The number of fused-ring (bicyclic) bond motifs is 5. The van der Waals surface area contributed by atoms with Crippen LogP contribution in [0.15, 0.2) is 27.7 Å². The molecule has 0 saturated heterocycles. The number of aromatic hydroxyl groups is 1. The predicted octanol–water partition coefficient (Wildman–Crippen LogP) is 6.74. The summed E-state index contributed by atoms with van der Waals surface area (Å²) in [7, 11) is 0. The summed E-state index contributed by atoms with van der Waals surface area (Å²) in [6, 6.07) is 5.37. The lowest BCUT2D eigenvalue weighted by molar-refractivity contribution is -0.147. The first-order valence-corrected chi connectivity index (χ1v) is 13.3. The zero-order valence-corrected chi connectivity index (χ0v) is 20.7. The second-order valence-electron chi connectivity index (χ2n) is 11.6.